The predicted molar refractivity (Wildman–Crippen MR) is 144 cm³/mol. The molecule has 0 unspecified atom stereocenters. The first-order chi connectivity index (χ1) is 19.2. The Morgan fingerprint density at radius 3 is 1.77 bits per heavy atom. The third kappa shape index (κ3) is 8.35. The van der Waals surface area contributed by atoms with Gasteiger partial charge in [-0.25, -0.2) is 17.2 Å². The van der Waals surface area contributed by atoms with E-state index < -0.39 is 21.2 Å². The van der Waals surface area contributed by atoms with E-state index in [1.807, 2.05) is 0 Å². The molecule has 0 saturated carbocycles. The molecule has 40 heavy (non-hydrogen) atoms. The van der Waals surface area contributed by atoms with E-state index in [9.17, 15) is 27.3 Å². The summed E-state index contributed by atoms with van der Waals surface area (Å²) in [5.41, 5.74) is 1.45. The molecule has 214 valence electrons. The van der Waals surface area contributed by atoms with Gasteiger partial charge in [0.15, 0.2) is 6.29 Å². The van der Waals surface area contributed by atoms with Gasteiger partial charge in [0.25, 0.3) is 5.69 Å². The molecule has 0 amide bonds. The van der Waals surface area contributed by atoms with E-state index in [1.165, 1.54) is 52.8 Å². The van der Waals surface area contributed by atoms with Crippen molar-refractivity contribution in [1.29, 1.82) is 0 Å². The molecule has 1 saturated heterocycles. The van der Waals surface area contributed by atoms with Gasteiger partial charge in [0.2, 0.25) is 10.0 Å². The maximum Gasteiger partial charge on any atom is 0.269 e. The zero-order valence-corrected chi connectivity index (χ0v) is 22.6. The molecule has 0 aromatic heterocycles. The number of hydrogen-bond acceptors (Lipinski definition) is 7. The van der Waals surface area contributed by atoms with Gasteiger partial charge in [-0.15, -0.1) is 0 Å². The van der Waals surface area contributed by atoms with E-state index in [4.69, 9.17) is 9.47 Å². The van der Waals surface area contributed by atoms with Crippen molar-refractivity contribution in [3.05, 3.63) is 106 Å². The van der Waals surface area contributed by atoms with Crippen LogP contribution in [0.3, 0.4) is 0 Å². The average molecular weight is 576 g/mol. The molecule has 3 aromatic rings. The van der Waals surface area contributed by atoms with E-state index in [0.29, 0.717) is 39.1 Å². The highest BCUT2D eigenvalue weighted by atomic mass is 32.2. The molecule has 0 aliphatic carbocycles. The fourth-order valence-corrected chi connectivity index (χ4v) is 5.74. The number of nitrogens with zero attached hydrogens (tertiary/aromatic N) is 3. The van der Waals surface area contributed by atoms with Crippen LogP contribution in [-0.2, 0) is 32.7 Å². The van der Waals surface area contributed by atoms with Crippen molar-refractivity contribution in [3.8, 4) is 0 Å². The molecular formula is C28H31F2N3O6S. The van der Waals surface area contributed by atoms with Crippen molar-refractivity contribution in [1.82, 2.24) is 9.21 Å². The highest BCUT2D eigenvalue weighted by molar-refractivity contribution is 7.89. The first kappa shape index (κ1) is 29.7. The Morgan fingerprint density at radius 2 is 1.30 bits per heavy atom. The highest BCUT2D eigenvalue weighted by Crippen LogP contribution is 2.21. The Hall–Kier alpha value is -3.29. The van der Waals surface area contributed by atoms with E-state index in [1.54, 1.807) is 24.3 Å². The van der Waals surface area contributed by atoms with Gasteiger partial charge >= 0.3 is 0 Å². The van der Waals surface area contributed by atoms with E-state index in [-0.39, 0.29) is 35.4 Å². The van der Waals surface area contributed by atoms with Crippen LogP contribution in [0.2, 0.25) is 0 Å². The summed E-state index contributed by atoms with van der Waals surface area (Å²) in [6, 6.07) is 17.0. The van der Waals surface area contributed by atoms with Crippen molar-refractivity contribution >= 4 is 15.7 Å². The fraction of sp³-hybridized carbons (Fsp3) is 0.357. The Kier molecular flexibility index (Phi) is 10.3. The summed E-state index contributed by atoms with van der Waals surface area (Å²) >= 11 is 0. The minimum absolute atomic E-state index is 0.0333. The van der Waals surface area contributed by atoms with Gasteiger partial charge in [-0.3, -0.25) is 10.1 Å². The van der Waals surface area contributed by atoms with Gasteiger partial charge in [0.1, 0.15) is 11.6 Å². The second-order valence-corrected chi connectivity index (χ2v) is 11.4. The summed E-state index contributed by atoms with van der Waals surface area (Å²) in [6.45, 7) is 2.91. The third-order valence-corrected chi connectivity index (χ3v) is 8.54. The van der Waals surface area contributed by atoms with Crippen LogP contribution >= 0.6 is 0 Å². The van der Waals surface area contributed by atoms with Crippen molar-refractivity contribution < 1.29 is 31.6 Å². The van der Waals surface area contributed by atoms with Crippen molar-refractivity contribution in [2.45, 2.75) is 37.2 Å². The lowest BCUT2D eigenvalue weighted by Crippen LogP contribution is -2.48. The lowest BCUT2D eigenvalue weighted by molar-refractivity contribution is -0.384. The Bertz CT molecular complexity index is 1300. The van der Waals surface area contributed by atoms with E-state index >= 15 is 0 Å². The molecule has 0 radical (unpaired) electrons. The van der Waals surface area contributed by atoms with Gasteiger partial charge in [-0.05, 0) is 66.9 Å². The molecule has 9 nitrogen and oxygen atoms in total. The summed E-state index contributed by atoms with van der Waals surface area (Å²) in [7, 11) is -3.74. The van der Waals surface area contributed by atoms with Crippen LogP contribution in [-0.4, -0.2) is 61.6 Å². The van der Waals surface area contributed by atoms with Crippen molar-refractivity contribution in [2.75, 3.05) is 32.7 Å². The second kappa shape index (κ2) is 13.9. The largest absolute Gasteiger partial charge is 0.348 e. The molecule has 1 aliphatic rings. The van der Waals surface area contributed by atoms with Crippen LogP contribution in [0.15, 0.2) is 77.7 Å². The Balaban J connectivity index is 1.26. The van der Waals surface area contributed by atoms with Gasteiger partial charge in [-0.2, -0.15) is 4.31 Å². The number of sulfonamides is 1. The zero-order valence-electron chi connectivity index (χ0n) is 21.8. The Morgan fingerprint density at radius 1 is 0.800 bits per heavy atom. The number of rotatable bonds is 13. The van der Waals surface area contributed by atoms with Crippen molar-refractivity contribution in [2.24, 2.45) is 0 Å². The first-order valence-electron chi connectivity index (χ1n) is 12.9. The highest BCUT2D eigenvalue weighted by Gasteiger charge is 2.28. The van der Waals surface area contributed by atoms with Crippen LogP contribution in [0.4, 0.5) is 14.5 Å². The number of piperazine rings is 1. The van der Waals surface area contributed by atoms with Crippen LogP contribution in [0, 0.1) is 21.7 Å². The monoisotopic (exact) mass is 575 g/mol. The van der Waals surface area contributed by atoms with Gasteiger partial charge in [0.05, 0.1) is 23.0 Å². The van der Waals surface area contributed by atoms with Crippen LogP contribution < -0.4 is 0 Å². The van der Waals surface area contributed by atoms with Crippen LogP contribution in [0.1, 0.15) is 24.0 Å². The molecule has 12 heteroatoms. The smallest absolute Gasteiger partial charge is 0.269 e. The minimum atomic E-state index is -3.74. The first-order valence-corrected chi connectivity index (χ1v) is 14.3. The molecule has 3 aromatic carbocycles. The third-order valence-electron chi connectivity index (χ3n) is 6.63. The van der Waals surface area contributed by atoms with Gasteiger partial charge in [-0.1, -0.05) is 24.3 Å². The molecule has 0 bridgehead atoms. The SMILES string of the molecule is O=[N+]([O-])c1ccc(S(=O)(=O)N2CCN(CCCC(OCc3ccc(F)cc3)OCc3ccc(F)cc3)CC2)cc1. The number of nitro groups is 1. The predicted octanol–water partition coefficient (Wildman–Crippen LogP) is 4.72. The van der Waals surface area contributed by atoms with Crippen molar-refractivity contribution in [3.63, 3.8) is 0 Å². The number of nitro benzene ring substituents is 1. The number of hydrogen-bond donors (Lipinski definition) is 0. The molecule has 0 atom stereocenters. The topological polar surface area (TPSA) is 102 Å². The molecule has 0 N–H and O–H groups in total. The van der Waals surface area contributed by atoms with Gasteiger partial charge < -0.3 is 14.4 Å². The molecule has 4 rings (SSSR count). The molecule has 1 fully saturated rings. The number of ether oxygens (including phenoxy) is 2. The zero-order chi connectivity index (χ0) is 28.5. The fourth-order valence-electron chi connectivity index (χ4n) is 4.32. The van der Waals surface area contributed by atoms with E-state index in [2.05, 4.69) is 4.90 Å². The molecule has 1 aliphatic heterocycles. The maximum atomic E-state index is 13.2. The summed E-state index contributed by atoms with van der Waals surface area (Å²) in [6.07, 6.45) is 0.759. The standard InChI is InChI=1S/C28H31F2N3O6S/c29-24-7-3-22(4-8-24)20-38-28(39-21-23-5-9-25(30)10-6-23)2-1-15-31-16-18-32(19-17-31)40(36,37)27-13-11-26(12-14-27)33(34)35/h3-14,28H,1-2,15-21H2. The lowest BCUT2D eigenvalue weighted by atomic mass is 10.2. The average Bonchev–Trinajstić information content (AvgIpc) is 2.96. The molecular weight excluding hydrogens is 544 g/mol. The quantitative estimate of drug-likeness (QED) is 0.165. The second-order valence-electron chi connectivity index (χ2n) is 9.44. The summed E-state index contributed by atoms with van der Waals surface area (Å²) < 4.78 is 65.7. The number of benzene rings is 3. The number of non-ortho nitro benzene ring substituents is 1. The molecule has 1 heterocycles. The summed E-state index contributed by atoms with van der Waals surface area (Å²) in [5, 5.41) is 10.9. The lowest BCUT2D eigenvalue weighted by Gasteiger charge is -2.34. The minimum Gasteiger partial charge on any atom is -0.348 e. The molecule has 0 spiro atoms. The Labute approximate surface area is 232 Å². The van der Waals surface area contributed by atoms with Crippen LogP contribution in [0.25, 0.3) is 0 Å². The number of halogens is 2. The van der Waals surface area contributed by atoms with Crippen LogP contribution in [0.5, 0.6) is 0 Å². The van der Waals surface area contributed by atoms with E-state index in [0.717, 1.165) is 17.5 Å². The summed E-state index contributed by atoms with van der Waals surface area (Å²) in [4.78, 5) is 12.5. The maximum absolute atomic E-state index is 13.2. The summed E-state index contributed by atoms with van der Waals surface area (Å²) in [5.74, 6) is -0.651. The normalized spacial score (nSPS) is 15.0. The van der Waals surface area contributed by atoms with Gasteiger partial charge in [0, 0.05) is 38.3 Å².